The molecule has 3 aromatic rings. The van der Waals surface area contributed by atoms with E-state index in [1.807, 2.05) is 48.5 Å². The second kappa shape index (κ2) is 8.81. The topological polar surface area (TPSA) is 84.2 Å². The van der Waals surface area contributed by atoms with Gasteiger partial charge in [0.15, 0.2) is 0 Å². The van der Waals surface area contributed by atoms with E-state index in [1.54, 1.807) is 6.07 Å². The van der Waals surface area contributed by atoms with E-state index in [-0.39, 0.29) is 0 Å². The molecule has 0 unspecified atom stereocenters. The molecular weight excluding hydrogens is 357 g/mol. The van der Waals surface area contributed by atoms with Gasteiger partial charge in [-0.25, -0.2) is 9.18 Å². The van der Waals surface area contributed by atoms with Gasteiger partial charge in [0.25, 0.3) is 0 Å². The van der Waals surface area contributed by atoms with Crippen LogP contribution in [-0.4, -0.2) is 11.9 Å². The molecule has 0 aliphatic rings. The fourth-order valence-corrected chi connectivity index (χ4v) is 2.88. The molecule has 0 spiro atoms. The molecule has 0 saturated carbocycles. The summed E-state index contributed by atoms with van der Waals surface area (Å²) in [6.07, 6.45) is 0.647. The van der Waals surface area contributed by atoms with Crippen molar-refractivity contribution in [1.29, 1.82) is 0 Å². The van der Waals surface area contributed by atoms with Crippen LogP contribution in [-0.2, 0) is 11.2 Å². The van der Waals surface area contributed by atoms with Gasteiger partial charge >= 0.3 is 6.03 Å². The van der Waals surface area contributed by atoms with Gasteiger partial charge in [-0.2, -0.15) is 0 Å². The molecule has 0 heterocycles. The van der Waals surface area contributed by atoms with E-state index in [4.69, 9.17) is 5.73 Å². The van der Waals surface area contributed by atoms with Crippen LogP contribution >= 0.6 is 0 Å². The van der Waals surface area contributed by atoms with Gasteiger partial charge in [0, 0.05) is 5.69 Å². The van der Waals surface area contributed by atoms with E-state index < -0.39 is 23.8 Å². The Bertz CT molecular complexity index is 959. The van der Waals surface area contributed by atoms with Gasteiger partial charge in [0.05, 0.1) is 0 Å². The quantitative estimate of drug-likeness (QED) is 0.611. The molecule has 5 nitrogen and oxygen atoms in total. The Balaban J connectivity index is 1.73. The van der Waals surface area contributed by atoms with E-state index >= 15 is 0 Å². The van der Waals surface area contributed by atoms with Crippen molar-refractivity contribution in [3.05, 3.63) is 101 Å². The fourth-order valence-electron chi connectivity index (χ4n) is 2.88. The van der Waals surface area contributed by atoms with Crippen molar-refractivity contribution in [2.75, 3.05) is 5.32 Å². The first kappa shape index (κ1) is 19.1. The molecule has 0 aliphatic heterocycles. The molecule has 3 rings (SSSR count). The normalized spacial score (nSPS) is 11.5. The summed E-state index contributed by atoms with van der Waals surface area (Å²) in [6, 6.07) is 20.9. The summed E-state index contributed by atoms with van der Waals surface area (Å²) >= 11 is 0. The maximum atomic E-state index is 13.1. The van der Waals surface area contributed by atoms with Gasteiger partial charge in [-0.05, 0) is 41.3 Å². The summed E-state index contributed by atoms with van der Waals surface area (Å²) in [4.78, 5) is 24.2. The van der Waals surface area contributed by atoms with Crippen LogP contribution in [0.3, 0.4) is 0 Å². The molecule has 0 aromatic heterocycles. The van der Waals surface area contributed by atoms with E-state index in [0.29, 0.717) is 17.7 Å². The Labute approximate surface area is 162 Å². The largest absolute Gasteiger partial charge is 0.368 e. The highest BCUT2D eigenvalue weighted by molar-refractivity contribution is 5.94. The highest BCUT2D eigenvalue weighted by Gasteiger charge is 2.20. The molecule has 0 saturated heterocycles. The summed E-state index contributed by atoms with van der Waals surface area (Å²) in [7, 11) is 0. The highest BCUT2D eigenvalue weighted by Crippen LogP contribution is 2.20. The summed E-state index contributed by atoms with van der Waals surface area (Å²) in [6.45, 7) is 0. The van der Waals surface area contributed by atoms with E-state index in [9.17, 15) is 14.0 Å². The number of hydrogen-bond acceptors (Lipinski definition) is 2. The number of halogens is 1. The second-order valence-electron chi connectivity index (χ2n) is 6.30. The summed E-state index contributed by atoms with van der Waals surface area (Å²) in [5, 5.41) is 5.31. The lowest BCUT2D eigenvalue weighted by atomic mass is 10.0. The lowest BCUT2D eigenvalue weighted by molar-refractivity contribution is -0.119. The summed E-state index contributed by atoms with van der Waals surface area (Å²) in [5.74, 6) is -1.18. The number of carbonyl (C=O) groups excluding carboxylic acids is 2. The van der Waals surface area contributed by atoms with Crippen LogP contribution in [0, 0.1) is 5.82 Å². The number of amides is 3. The number of para-hydroxylation sites is 1. The molecule has 0 radical (unpaired) electrons. The number of rotatable bonds is 6. The van der Waals surface area contributed by atoms with E-state index in [1.165, 1.54) is 24.3 Å². The first-order valence-electron chi connectivity index (χ1n) is 8.77. The first-order valence-corrected chi connectivity index (χ1v) is 8.77. The van der Waals surface area contributed by atoms with Crippen molar-refractivity contribution in [2.24, 2.45) is 5.73 Å². The number of hydrogen-bond donors (Lipinski definition) is 3. The molecule has 0 bridgehead atoms. The maximum absolute atomic E-state index is 13.1. The van der Waals surface area contributed by atoms with Crippen LogP contribution < -0.4 is 16.4 Å². The summed E-state index contributed by atoms with van der Waals surface area (Å²) in [5.41, 5.74) is 8.48. The van der Waals surface area contributed by atoms with Crippen molar-refractivity contribution >= 4 is 17.6 Å². The summed E-state index contributed by atoms with van der Waals surface area (Å²) < 4.78 is 13.1. The Morgan fingerprint density at radius 3 is 2.21 bits per heavy atom. The number of nitrogens with one attached hydrogen (secondary N) is 2. The Morgan fingerprint density at radius 2 is 1.54 bits per heavy atom. The number of urea groups is 1. The third kappa shape index (κ3) is 4.94. The molecule has 0 aliphatic carbocycles. The van der Waals surface area contributed by atoms with Crippen LogP contribution in [0.15, 0.2) is 78.9 Å². The predicted octanol–water partition coefficient (Wildman–Crippen LogP) is 3.76. The zero-order valence-corrected chi connectivity index (χ0v) is 15.1. The van der Waals surface area contributed by atoms with Crippen LogP contribution in [0.25, 0.3) is 0 Å². The average Bonchev–Trinajstić information content (AvgIpc) is 2.69. The molecule has 142 valence electrons. The van der Waals surface area contributed by atoms with Gasteiger partial charge in [0.2, 0.25) is 5.91 Å². The van der Waals surface area contributed by atoms with Crippen LogP contribution in [0.4, 0.5) is 14.9 Å². The highest BCUT2D eigenvalue weighted by atomic mass is 19.1. The third-order valence-electron chi connectivity index (χ3n) is 4.27. The van der Waals surface area contributed by atoms with Gasteiger partial charge < -0.3 is 16.4 Å². The van der Waals surface area contributed by atoms with Crippen molar-refractivity contribution in [1.82, 2.24) is 5.32 Å². The maximum Gasteiger partial charge on any atom is 0.320 e. The zero-order valence-electron chi connectivity index (χ0n) is 15.1. The first-order chi connectivity index (χ1) is 13.5. The standard InChI is InChI=1S/C22H20FN3O2/c23-18-12-10-16(11-13-18)20(21(24)27)26-22(28)25-19-9-5-4-8-17(19)14-15-6-2-1-3-7-15/h1-13,20H,14H2,(H2,24,27)(H2,25,26,28)/t20-/m1/s1. The van der Waals surface area contributed by atoms with Gasteiger partial charge in [0.1, 0.15) is 11.9 Å². The molecule has 6 heteroatoms. The minimum Gasteiger partial charge on any atom is -0.368 e. The van der Waals surface area contributed by atoms with E-state index in [2.05, 4.69) is 10.6 Å². The van der Waals surface area contributed by atoms with Crippen LogP contribution in [0.5, 0.6) is 0 Å². The van der Waals surface area contributed by atoms with Gasteiger partial charge in [-0.1, -0.05) is 60.7 Å². The lowest BCUT2D eigenvalue weighted by Crippen LogP contribution is -2.39. The Hall–Kier alpha value is -3.67. The SMILES string of the molecule is NC(=O)[C@H](NC(=O)Nc1ccccc1Cc1ccccc1)c1ccc(F)cc1. The minimum absolute atomic E-state index is 0.404. The average molecular weight is 377 g/mol. The third-order valence-corrected chi connectivity index (χ3v) is 4.27. The fraction of sp³-hybridized carbons (Fsp3) is 0.0909. The number of primary amides is 1. The molecular formula is C22H20FN3O2. The minimum atomic E-state index is -1.07. The molecule has 3 aromatic carbocycles. The smallest absolute Gasteiger partial charge is 0.320 e. The van der Waals surface area contributed by atoms with Gasteiger partial charge in [-0.15, -0.1) is 0 Å². The van der Waals surface area contributed by atoms with E-state index in [0.717, 1.165) is 11.1 Å². The molecule has 3 amide bonds. The lowest BCUT2D eigenvalue weighted by Gasteiger charge is -2.17. The predicted molar refractivity (Wildman–Crippen MR) is 106 cm³/mol. The van der Waals surface area contributed by atoms with Crippen molar-refractivity contribution in [3.8, 4) is 0 Å². The number of carbonyl (C=O) groups is 2. The number of nitrogens with two attached hydrogens (primary N) is 1. The second-order valence-corrected chi connectivity index (χ2v) is 6.30. The zero-order chi connectivity index (χ0) is 19.9. The van der Waals surface area contributed by atoms with Crippen molar-refractivity contribution < 1.29 is 14.0 Å². The van der Waals surface area contributed by atoms with Gasteiger partial charge in [-0.3, -0.25) is 4.79 Å². The molecule has 0 fully saturated rings. The molecule has 4 N–H and O–H groups in total. The molecule has 1 atom stereocenters. The van der Waals surface area contributed by atoms with Crippen LogP contribution in [0.2, 0.25) is 0 Å². The number of anilines is 1. The van der Waals surface area contributed by atoms with Crippen molar-refractivity contribution in [3.63, 3.8) is 0 Å². The monoisotopic (exact) mass is 377 g/mol. The number of benzene rings is 3. The Morgan fingerprint density at radius 1 is 0.893 bits per heavy atom. The molecule has 28 heavy (non-hydrogen) atoms. The van der Waals surface area contributed by atoms with Crippen LogP contribution in [0.1, 0.15) is 22.7 Å². The van der Waals surface area contributed by atoms with Crippen molar-refractivity contribution in [2.45, 2.75) is 12.5 Å². The Kier molecular flexibility index (Phi) is 6.01.